The number of rotatable bonds is 61. The molecule has 0 aromatic carbocycles. The van der Waals surface area contributed by atoms with E-state index in [-0.39, 0.29) is 31.1 Å². The Labute approximate surface area is 495 Å². The van der Waals surface area contributed by atoms with Crippen LogP contribution < -0.4 is 0 Å². The number of hydrogen-bond acceptors (Lipinski definition) is 6. The van der Waals surface area contributed by atoms with E-state index in [0.29, 0.717) is 19.3 Å². The van der Waals surface area contributed by atoms with Crippen LogP contribution in [-0.2, 0) is 28.6 Å². The van der Waals surface area contributed by atoms with E-state index in [1.165, 1.54) is 148 Å². The lowest BCUT2D eigenvalue weighted by Crippen LogP contribution is -2.30. The van der Waals surface area contributed by atoms with Gasteiger partial charge < -0.3 is 14.2 Å². The Bertz CT molecular complexity index is 1610. The molecular formula is C74H126O6. The lowest BCUT2D eigenvalue weighted by molar-refractivity contribution is -0.167. The average molecular weight is 1110 g/mol. The molecule has 0 amide bonds. The van der Waals surface area contributed by atoms with E-state index >= 15 is 0 Å². The standard InChI is InChI=1S/C74H126O6/c1-4-7-10-13-16-19-22-25-28-30-32-33-34-35-36-37-38-39-40-41-43-44-46-49-52-55-58-61-64-67-73(76)79-70-71(69-78-72(75)66-63-60-57-54-51-48-27-24-21-18-15-12-9-6-3)80-74(77)68-65-62-59-56-53-50-47-45-42-31-29-26-23-20-17-14-11-8-5-2/h7,10,15-16,18-19,24-25,27-28,32-33,35-36,38-39,41,43,71H,4-6,8-9,11-14,17,20-23,26,29-31,34,37,40,42,44-70H2,1-3H3/b10-7-,18-15-,19-16-,27-24-,28-25-,33-32-,36-35-,39-38-,43-41-. The van der Waals surface area contributed by atoms with Crippen LogP contribution in [0.2, 0.25) is 0 Å². The van der Waals surface area contributed by atoms with Gasteiger partial charge >= 0.3 is 17.9 Å². The van der Waals surface area contributed by atoms with Gasteiger partial charge in [-0.15, -0.1) is 0 Å². The van der Waals surface area contributed by atoms with Crippen molar-refractivity contribution in [2.24, 2.45) is 0 Å². The molecule has 1 unspecified atom stereocenters. The number of hydrogen-bond donors (Lipinski definition) is 0. The number of ether oxygens (including phenoxy) is 3. The molecule has 0 saturated carbocycles. The third-order valence-electron chi connectivity index (χ3n) is 14.5. The van der Waals surface area contributed by atoms with Crippen LogP contribution >= 0.6 is 0 Å². The molecule has 0 aromatic rings. The van der Waals surface area contributed by atoms with Crippen LogP contribution in [0, 0.1) is 0 Å². The highest BCUT2D eigenvalue weighted by Gasteiger charge is 2.19. The van der Waals surface area contributed by atoms with Crippen LogP contribution in [0.4, 0.5) is 0 Å². The van der Waals surface area contributed by atoms with Crippen LogP contribution in [0.5, 0.6) is 0 Å². The van der Waals surface area contributed by atoms with Crippen LogP contribution in [-0.4, -0.2) is 37.2 Å². The van der Waals surface area contributed by atoms with Crippen LogP contribution in [0.1, 0.15) is 323 Å². The SMILES string of the molecule is CC/C=C\C/C=C\C/C=C\C/C=C\C/C=C\C/C=C\C/C=C\CCCCCCCCCC(=O)OCC(COC(=O)CCCCCCC/C=C\C/C=C\CCCC)OC(=O)CCCCCCCCCCCCCCCCCCCCC. The van der Waals surface area contributed by atoms with E-state index in [1.807, 2.05) is 0 Å². The smallest absolute Gasteiger partial charge is 0.306 e. The second-order valence-electron chi connectivity index (χ2n) is 22.4. The van der Waals surface area contributed by atoms with E-state index in [4.69, 9.17) is 14.2 Å². The molecule has 0 rings (SSSR count). The minimum absolute atomic E-state index is 0.0868. The van der Waals surface area contributed by atoms with Crippen LogP contribution in [0.25, 0.3) is 0 Å². The average Bonchev–Trinajstić information content (AvgIpc) is 3.46. The number of carbonyl (C=O) groups excluding carboxylic acids is 3. The Morgan fingerprint density at radius 2 is 0.500 bits per heavy atom. The molecule has 6 heteroatoms. The van der Waals surface area contributed by atoms with Gasteiger partial charge in [-0.3, -0.25) is 14.4 Å². The number of carbonyl (C=O) groups is 3. The monoisotopic (exact) mass is 1110 g/mol. The van der Waals surface area contributed by atoms with Gasteiger partial charge in [0.1, 0.15) is 13.2 Å². The Kier molecular flexibility index (Phi) is 64.3. The van der Waals surface area contributed by atoms with Crippen molar-refractivity contribution in [1.29, 1.82) is 0 Å². The summed E-state index contributed by atoms with van der Waals surface area (Å²) >= 11 is 0. The molecule has 0 heterocycles. The first-order valence-electron chi connectivity index (χ1n) is 33.9. The molecule has 0 N–H and O–H groups in total. The highest BCUT2D eigenvalue weighted by Crippen LogP contribution is 2.17. The van der Waals surface area contributed by atoms with Crippen molar-refractivity contribution in [3.8, 4) is 0 Å². The minimum Gasteiger partial charge on any atom is -0.462 e. The maximum atomic E-state index is 12.9. The first-order valence-corrected chi connectivity index (χ1v) is 33.9. The van der Waals surface area contributed by atoms with Gasteiger partial charge in [0.05, 0.1) is 0 Å². The van der Waals surface area contributed by atoms with Crippen molar-refractivity contribution in [3.63, 3.8) is 0 Å². The maximum Gasteiger partial charge on any atom is 0.306 e. The Balaban J connectivity index is 4.34. The molecule has 0 bridgehead atoms. The molecule has 0 spiro atoms. The molecule has 0 aliphatic rings. The second-order valence-corrected chi connectivity index (χ2v) is 22.4. The Morgan fingerprint density at radius 3 is 0.800 bits per heavy atom. The zero-order valence-electron chi connectivity index (χ0n) is 52.6. The zero-order valence-corrected chi connectivity index (χ0v) is 52.6. The van der Waals surface area contributed by atoms with Crippen molar-refractivity contribution < 1.29 is 28.6 Å². The lowest BCUT2D eigenvalue weighted by Gasteiger charge is -2.18. The molecule has 458 valence electrons. The molecule has 1 atom stereocenters. The molecule has 0 aliphatic carbocycles. The molecule has 0 aliphatic heterocycles. The largest absolute Gasteiger partial charge is 0.462 e. The van der Waals surface area contributed by atoms with Gasteiger partial charge in [-0.25, -0.2) is 0 Å². The van der Waals surface area contributed by atoms with E-state index in [9.17, 15) is 14.4 Å². The van der Waals surface area contributed by atoms with E-state index in [0.717, 1.165) is 135 Å². The minimum atomic E-state index is -0.790. The zero-order chi connectivity index (χ0) is 57.8. The Morgan fingerprint density at radius 1 is 0.263 bits per heavy atom. The fourth-order valence-electron chi connectivity index (χ4n) is 9.44. The predicted octanol–water partition coefficient (Wildman–Crippen LogP) is 23.4. The van der Waals surface area contributed by atoms with Crippen molar-refractivity contribution in [3.05, 3.63) is 109 Å². The molecule has 0 fully saturated rings. The van der Waals surface area contributed by atoms with Crippen molar-refractivity contribution in [1.82, 2.24) is 0 Å². The van der Waals surface area contributed by atoms with Crippen molar-refractivity contribution >= 4 is 17.9 Å². The highest BCUT2D eigenvalue weighted by molar-refractivity contribution is 5.71. The molecule has 0 aromatic heterocycles. The molecule has 0 saturated heterocycles. The van der Waals surface area contributed by atoms with E-state index in [2.05, 4.69) is 130 Å². The topological polar surface area (TPSA) is 78.9 Å². The van der Waals surface area contributed by atoms with Gasteiger partial charge in [-0.2, -0.15) is 0 Å². The predicted molar refractivity (Wildman–Crippen MR) is 348 cm³/mol. The van der Waals surface area contributed by atoms with Crippen LogP contribution in [0.15, 0.2) is 109 Å². The summed E-state index contributed by atoms with van der Waals surface area (Å²) in [5, 5.41) is 0. The van der Waals surface area contributed by atoms with E-state index < -0.39 is 6.10 Å². The maximum absolute atomic E-state index is 12.9. The lowest BCUT2D eigenvalue weighted by atomic mass is 10.0. The Hall–Kier alpha value is -3.93. The summed E-state index contributed by atoms with van der Waals surface area (Å²) in [6, 6.07) is 0. The van der Waals surface area contributed by atoms with Gasteiger partial charge in [0, 0.05) is 19.3 Å². The molecule has 0 radical (unpaired) electrons. The number of esters is 3. The summed E-state index contributed by atoms with van der Waals surface area (Å²) in [4.78, 5) is 38.4. The molecular weight excluding hydrogens is 985 g/mol. The van der Waals surface area contributed by atoms with E-state index in [1.54, 1.807) is 0 Å². The van der Waals surface area contributed by atoms with Gasteiger partial charge in [0.2, 0.25) is 0 Å². The van der Waals surface area contributed by atoms with Crippen molar-refractivity contribution in [2.45, 2.75) is 329 Å². The highest BCUT2D eigenvalue weighted by atomic mass is 16.6. The van der Waals surface area contributed by atoms with Gasteiger partial charge in [-0.05, 0) is 103 Å². The van der Waals surface area contributed by atoms with Gasteiger partial charge in [0.15, 0.2) is 6.10 Å². The first kappa shape index (κ1) is 76.1. The molecule has 6 nitrogen and oxygen atoms in total. The van der Waals surface area contributed by atoms with Gasteiger partial charge in [-0.1, -0.05) is 310 Å². The summed E-state index contributed by atoms with van der Waals surface area (Å²) in [6.45, 7) is 6.50. The van der Waals surface area contributed by atoms with Crippen LogP contribution in [0.3, 0.4) is 0 Å². The fraction of sp³-hybridized carbons (Fsp3) is 0.716. The summed E-state index contributed by atoms with van der Waals surface area (Å²) < 4.78 is 16.9. The first-order chi connectivity index (χ1) is 39.5. The molecule has 80 heavy (non-hydrogen) atoms. The second kappa shape index (κ2) is 67.6. The summed E-state index contributed by atoms with van der Waals surface area (Å²) in [5.74, 6) is -0.898. The van der Waals surface area contributed by atoms with Gasteiger partial charge in [0.25, 0.3) is 0 Å². The fourth-order valence-corrected chi connectivity index (χ4v) is 9.44. The summed E-state index contributed by atoms with van der Waals surface area (Å²) in [6.07, 6.45) is 92.4. The summed E-state index contributed by atoms with van der Waals surface area (Å²) in [7, 11) is 0. The quantitative estimate of drug-likeness (QED) is 0.0261. The normalized spacial score (nSPS) is 12.8. The van der Waals surface area contributed by atoms with Crippen molar-refractivity contribution in [2.75, 3.05) is 13.2 Å². The third kappa shape index (κ3) is 64.9. The number of allylic oxidation sites excluding steroid dienone is 18. The number of unbranched alkanes of at least 4 members (excludes halogenated alkanes) is 32. The summed E-state index contributed by atoms with van der Waals surface area (Å²) in [5.41, 5.74) is 0. The third-order valence-corrected chi connectivity index (χ3v) is 14.5.